The normalized spacial score (nSPS) is 10.7. The fraction of sp³-hybridized carbons (Fsp3) is 0.179. The highest BCUT2D eigenvalue weighted by atomic mass is 16.5. The third-order valence-electron chi connectivity index (χ3n) is 5.50. The van der Waals surface area contributed by atoms with Crippen LogP contribution in [0.25, 0.3) is 10.9 Å². The second kappa shape index (κ2) is 10.1. The van der Waals surface area contributed by atoms with E-state index in [1.54, 1.807) is 30.5 Å². The molecule has 0 atom stereocenters. The maximum Gasteiger partial charge on any atom is 0.338 e. The number of aryl methyl sites for hydroxylation is 1. The average Bonchev–Trinajstić information content (AvgIpc) is 2.84. The van der Waals surface area contributed by atoms with E-state index in [4.69, 9.17) is 4.74 Å². The molecule has 0 aliphatic rings. The Morgan fingerprint density at radius 3 is 2.48 bits per heavy atom. The molecule has 0 amide bonds. The zero-order valence-electron chi connectivity index (χ0n) is 18.8. The van der Waals surface area contributed by atoms with Gasteiger partial charge in [-0.1, -0.05) is 55.5 Å². The Hall–Kier alpha value is -3.99. The lowest BCUT2D eigenvalue weighted by Crippen LogP contribution is -2.07. The molecule has 0 aliphatic heterocycles. The van der Waals surface area contributed by atoms with Crippen molar-refractivity contribution < 1.29 is 14.3 Å². The van der Waals surface area contributed by atoms with Crippen molar-refractivity contribution in [1.82, 2.24) is 4.98 Å². The van der Waals surface area contributed by atoms with Gasteiger partial charge in [-0.2, -0.15) is 0 Å². The number of hydrogen-bond donors (Lipinski definition) is 1. The van der Waals surface area contributed by atoms with Crippen molar-refractivity contribution >= 4 is 34.0 Å². The van der Waals surface area contributed by atoms with Crippen LogP contribution in [0.1, 0.15) is 51.6 Å². The topological polar surface area (TPSA) is 68.3 Å². The molecule has 0 unspecified atom stereocenters. The molecule has 0 aliphatic carbocycles. The van der Waals surface area contributed by atoms with Crippen LogP contribution in [0.4, 0.5) is 11.4 Å². The van der Waals surface area contributed by atoms with Gasteiger partial charge in [0.05, 0.1) is 22.3 Å². The quantitative estimate of drug-likeness (QED) is 0.247. The zero-order valence-corrected chi connectivity index (χ0v) is 18.8. The molecule has 1 heterocycles. The lowest BCUT2D eigenvalue weighted by atomic mass is 10.0. The van der Waals surface area contributed by atoms with E-state index in [0.29, 0.717) is 17.5 Å². The third kappa shape index (κ3) is 5.09. The number of ether oxygens (including phenoxy) is 1. The fourth-order valence-electron chi connectivity index (χ4n) is 3.69. The summed E-state index contributed by atoms with van der Waals surface area (Å²) in [6.07, 6.45) is 2.87. The van der Waals surface area contributed by atoms with E-state index in [0.717, 1.165) is 39.8 Å². The minimum atomic E-state index is -0.369. The fourth-order valence-corrected chi connectivity index (χ4v) is 3.69. The molecule has 166 valence electrons. The van der Waals surface area contributed by atoms with Gasteiger partial charge in [0.2, 0.25) is 0 Å². The maximum absolute atomic E-state index is 12.8. The van der Waals surface area contributed by atoms with E-state index in [9.17, 15) is 9.59 Å². The molecule has 0 bridgehead atoms. The van der Waals surface area contributed by atoms with E-state index in [1.165, 1.54) is 0 Å². The minimum Gasteiger partial charge on any atom is -0.457 e. The average molecular weight is 439 g/mol. The van der Waals surface area contributed by atoms with E-state index in [-0.39, 0.29) is 18.4 Å². The van der Waals surface area contributed by atoms with Gasteiger partial charge in [0.1, 0.15) is 6.61 Å². The van der Waals surface area contributed by atoms with Gasteiger partial charge in [-0.15, -0.1) is 0 Å². The summed E-state index contributed by atoms with van der Waals surface area (Å²) in [5, 5.41) is 4.31. The van der Waals surface area contributed by atoms with Crippen LogP contribution in [0.15, 0.2) is 79.0 Å². The largest absolute Gasteiger partial charge is 0.457 e. The number of Topliss-reactive ketones (excluding diaryl/α,β-unsaturated/α-hetero) is 1. The second-order valence-corrected chi connectivity index (χ2v) is 7.95. The molecule has 0 radical (unpaired) electrons. The summed E-state index contributed by atoms with van der Waals surface area (Å²) in [6, 6.07) is 22.6. The lowest BCUT2D eigenvalue weighted by Gasteiger charge is -2.16. The lowest BCUT2D eigenvalue weighted by molar-refractivity contribution is 0.0472. The number of hydrogen-bond acceptors (Lipinski definition) is 5. The summed E-state index contributed by atoms with van der Waals surface area (Å²) in [6.45, 7) is 4.16. The summed E-state index contributed by atoms with van der Waals surface area (Å²) in [4.78, 5) is 29.6. The van der Waals surface area contributed by atoms with E-state index in [2.05, 4.69) is 10.3 Å². The van der Waals surface area contributed by atoms with Crippen LogP contribution in [0.5, 0.6) is 0 Å². The van der Waals surface area contributed by atoms with E-state index < -0.39 is 0 Å². The predicted molar refractivity (Wildman–Crippen MR) is 131 cm³/mol. The van der Waals surface area contributed by atoms with Gasteiger partial charge in [-0.05, 0) is 48.7 Å². The van der Waals surface area contributed by atoms with Crippen LogP contribution in [0, 0.1) is 6.92 Å². The number of para-hydroxylation sites is 1. The highest BCUT2D eigenvalue weighted by molar-refractivity contribution is 6.09. The van der Waals surface area contributed by atoms with Crippen molar-refractivity contribution in [3.05, 3.63) is 101 Å². The molecule has 3 aromatic carbocycles. The molecule has 0 saturated heterocycles. The second-order valence-electron chi connectivity index (χ2n) is 7.95. The van der Waals surface area contributed by atoms with Gasteiger partial charge in [-0.25, -0.2) is 4.79 Å². The van der Waals surface area contributed by atoms with Crippen LogP contribution in [0.3, 0.4) is 0 Å². The number of ketones is 1. The maximum atomic E-state index is 12.8. The van der Waals surface area contributed by atoms with E-state index >= 15 is 0 Å². The number of nitrogens with one attached hydrogen (secondary N) is 1. The Bertz CT molecular complexity index is 1300. The molecule has 4 rings (SSSR count). The molecule has 1 N–H and O–H groups in total. The first kappa shape index (κ1) is 22.2. The van der Waals surface area contributed by atoms with Crippen LogP contribution in [-0.4, -0.2) is 16.7 Å². The molecule has 0 saturated carbocycles. The molecule has 4 aromatic rings. The first-order chi connectivity index (χ1) is 16.1. The zero-order chi connectivity index (χ0) is 23.2. The van der Waals surface area contributed by atoms with Crippen molar-refractivity contribution in [3.8, 4) is 0 Å². The highest BCUT2D eigenvalue weighted by Gasteiger charge is 2.16. The number of esters is 1. The molecule has 0 spiro atoms. The number of anilines is 2. The SMILES string of the molecule is CCCC(=O)c1cnc2cc(COC(=O)c3ccccc3)ccc2c1Nc1ccccc1C. The molecule has 1 aromatic heterocycles. The van der Waals surface area contributed by atoms with Gasteiger partial charge < -0.3 is 10.1 Å². The number of aromatic nitrogens is 1. The van der Waals surface area contributed by atoms with Crippen LogP contribution < -0.4 is 5.32 Å². The Kier molecular flexibility index (Phi) is 6.79. The van der Waals surface area contributed by atoms with Gasteiger partial charge in [0, 0.05) is 23.7 Å². The highest BCUT2D eigenvalue weighted by Crippen LogP contribution is 2.32. The standard InChI is InChI=1S/C28H26N2O3/c1-3-9-26(31)23-17-29-25-16-20(18-33-28(32)21-11-5-4-6-12-21)14-15-22(25)27(23)30-24-13-8-7-10-19(24)2/h4-8,10-17H,3,9,18H2,1-2H3,(H,29,30). The Morgan fingerprint density at radius 2 is 1.73 bits per heavy atom. The molecule has 5 heteroatoms. The summed E-state index contributed by atoms with van der Waals surface area (Å²) in [5.41, 5.74) is 5.43. The predicted octanol–water partition coefficient (Wildman–Crippen LogP) is 6.63. The van der Waals surface area contributed by atoms with Crippen molar-refractivity contribution in [2.24, 2.45) is 0 Å². The van der Waals surface area contributed by atoms with Gasteiger partial charge in [0.15, 0.2) is 5.78 Å². The number of carbonyl (C=O) groups excluding carboxylic acids is 2. The summed E-state index contributed by atoms with van der Waals surface area (Å²) < 4.78 is 5.46. The summed E-state index contributed by atoms with van der Waals surface area (Å²) >= 11 is 0. The van der Waals surface area contributed by atoms with Crippen molar-refractivity contribution in [3.63, 3.8) is 0 Å². The Labute approximate surface area is 193 Å². The monoisotopic (exact) mass is 438 g/mol. The Balaban J connectivity index is 1.66. The number of fused-ring (bicyclic) bond motifs is 1. The number of carbonyl (C=O) groups is 2. The molecular weight excluding hydrogens is 412 g/mol. The summed E-state index contributed by atoms with van der Waals surface area (Å²) in [7, 11) is 0. The van der Waals surface area contributed by atoms with E-state index in [1.807, 2.05) is 62.4 Å². The number of benzene rings is 3. The molecule has 33 heavy (non-hydrogen) atoms. The molecule has 0 fully saturated rings. The number of pyridine rings is 1. The first-order valence-electron chi connectivity index (χ1n) is 11.1. The molecular formula is C28H26N2O3. The molecule has 5 nitrogen and oxygen atoms in total. The van der Waals surface area contributed by atoms with Crippen molar-refractivity contribution in [2.45, 2.75) is 33.3 Å². The number of rotatable bonds is 8. The van der Waals surface area contributed by atoms with Crippen molar-refractivity contribution in [2.75, 3.05) is 5.32 Å². The van der Waals surface area contributed by atoms with Crippen molar-refractivity contribution in [1.29, 1.82) is 0 Å². The van der Waals surface area contributed by atoms with Crippen LogP contribution in [-0.2, 0) is 11.3 Å². The van der Waals surface area contributed by atoms with Gasteiger partial charge in [-0.3, -0.25) is 9.78 Å². The summed E-state index contributed by atoms with van der Waals surface area (Å²) in [5.74, 6) is -0.310. The smallest absolute Gasteiger partial charge is 0.338 e. The number of nitrogens with zero attached hydrogens (tertiary/aromatic N) is 1. The third-order valence-corrected chi connectivity index (χ3v) is 5.50. The van der Waals surface area contributed by atoms with Crippen LogP contribution >= 0.6 is 0 Å². The first-order valence-corrected chi connectivity index (χ1v) is 11.1. The van der Waals surface area contributed by atoms with Crippen LogP contribution in [0.2, 0.25) is 0 Å². The Morgan fingerprint density at radius 1 is 0.970 bits per heavy atom. The van der Waals surface area contributed by atoms with Gasteiger partial charge >= 0.3 is 5.97 Å². The van der Waals surface area contributed by atoms with Gasteiger partial charge in [0.25, 0.3) is 0 Å². The minimum absolute atomic E-state index is 0.0591.